The van der Waals surface area contributed by atoms with Crippen LogP contribution in [-0.2, 0) is 9.53 Å². The molecule has 2 aromatic rings. The minimum atomic E-state index is 0.0341. The van der Waals surface area contributed by atoms with Gasteiger partial charge in [0.15, 0.2) is 0 Å². The third-order valence-electron chi connectivity index (χ3n) is 7.88. The minimum Gasteiger partial charge on any atom is -0.378 e. The molecule has 0 radical (unpaired) electrons. The maximum absolute atomic E-state index is 13.2. The summed E-state index contributed by atoms with van der Waals surface area (Å²) in [6, 6.07) is 8.94. The average molecular weight is 533 g/mol. The van der Waals surface area contributed by atoms with Crippen molar-refractivity contribution in [2.75, 3.05) is 26.3 Å². The van der Waals surface area contributed by atoms with E-state index in [9.17, 15) is 10.1 Å². The highest BCUT2D eigenvalue weighted by Crippen LogP contribution is 2.39. The molecule has 2 heterocycles. The van der Waals surface area contributed by atoms with Crippen LogP contribution in [0.25, 0.3) is 16.5 Å². The third kappa shape index (κ3) is 6.51. The molecule has 210 valence electrons. The van der Waals surface area contributed by atoms with Gasteiger partial charge < -0.3 is 24.3 Å². The van der Waals surface area contributed by atoms with Crippen molar-refractivity contribution in [3.8, 4) is 6.07 Å². The van der Waals surface area contributed by atoms with Crippen molar-refractivity contribution >= 4 is 29.2 Å². The standard InChI is InChI=1S/C29H36N4O2.C2H6.CH2O/c1-4-23(5-2)33-26-18-21(28(34)32-14-16-35-17-15-32)8-11-24(26)25(19-30)27(33)20-6-9-22(10-7-20)31-29(3)12-13-29;2*1-2/h6-9,11,18,22-23,31H,4-5,10,12-17H2,1-3H3;1-2H3;1H2. The molecular weight excluding hydrogens is 488 g/mol. The first-order valence-electron chi connectivity index (χ1n) is 14.4. The van der Waals surface area contributed by atoms with E-state index in [1.807, 2.05) is 43.7 Å². The maximum Gasteiger partial charge on any atom is 0.254 e. The van der Waals surface area contributed by atoms with Gasteiger partial charge in [0.1, 0.15) is 12.9 Å². The quantitative estimate of drug-likeness (QED) is 0.470. The number of benzene rings is 1. The summed E-state index contributed by atoms with van der Waals surface area (Å²) in [5.74, 6) is 0.0341. The van der Waals surface area contributed by atoms with Gasteiger partial charge in [0, 0.05) is 41.7 Å². The molecule has 39 heavy (non-hydrogen) atoms. The van der Waals surface area contributed by atoms with Crippen LogP contribution in [0.1, 0.15) is 94.4 Å². The van der Waals surface area contributed by atoms with Crippen LogP contribution < -0.4 is 5.32 Å². The Hall–Kier alpha value is -3.21. The number of amides is 1. The molecule has 1 aromatic carbocycles. The summed E-state index contributed by atoms with van der Waals surface area (Å²) in [4.78, 5) is 23.1. The molecule has 1 amide bonds. The van der Waals surface area contributed by atoms with Crippen molar-refractivity contribution in [3.63, 3.8) is 0 Å². The Morgan fingerprint density at radius 2 is 1.87 bits per heavy atom. The summed E-state index contributed by atoms with van der Waals surface area (Å²) < 4.78 is 7.75. The van der Waals surface area contributed by atoms with Gasteiger partial charge in [-0.3, -0.25) is 4.79 Å². The van der Waals surface area contributed by atoms with E-state index in [-0.39, 0.29) is 17.5 Å². The van der Waals surface area contributed by atoms with E-state index in [4.69, 9.17) is 9.53 Å². The summed E-state index contributed by atoms with van der Waals surface area (Å²) in [5.41, 5.74) is 4.73. The number of nitriles is 1. The third-order valence-corrected chi connectivity index (χ3v) is 7.88. The molecule has 1 aliphatic heterocycles. The second-order valence-corrected chi connectivity index (χ2v) is 10.4. The second kappa shape index (κ2) is 13.7. The van der Waals surface area contributed by atoms with Crippen LogP contribution >= 0.6 is 0 Å². The van der Waals surface area contributed by atoms with Crippen LogP contribution in [0.5, 0.6) is 0 Å². The number of carbonyl (C=O) groups is 2. The molecule has 3 aliphatic rings. The number of rotatable bonds is 7. The molecule has 2 aliphatic carbocycles. The normalized spacial score (nSPS) is 19.4. The van der Waals surface area contributed by atoms with Crippen LogP contribution in [0, 0.1) is 11.3 Å². The SMILES string of the molecule is C=O.CC.CCC(CC)n1c(C2=CCC(NC3(C)CC3)C=C2)c(C#N)c2ccc(C(=O)N3CCOCC3)cc21. The average Bonchev–Trinajstić information content (AvgIpc) is 3.64. The molecule has 7 nitrogen and oxygen atoms in total. The number of nitrogens with zero attached hydrogens (tertiary/aromatic N) is 3. The smallest absolute Gasteiger partial charge is 0.254 e. The fraction of sp³-hybridized carbons (Fsp3) is 0.531. The minimum absolute atomic E-state index is 0.0341. The van der Waals surface area contributed by atoms with Crippen molar-refractivity contribution in [3.05, 3.63) is 53.2 Å². The monoisotopic (exact) mass is 532 g/mol. The lowest BCUT2D eigenvalue weighted by Crippen LogP contribution is -2.40. The molecule has 0 bridgehead atoms. The van der Waals surface area contributed by atoms with Crippen molar-refractivity contribution in [1.29, 1.82) is 5.26 Å². The first kappa shape index (κ1) is 30.3. The van der Waals surface area contributed by atoms with E-state index in [1.165, 1.54) is 12.8 Å². The number of nitrogens with one attached hydrogen (secondary N) is 1. The Morgan fingerprint density at radius 1 is 1.21 bits per heavy atom. The molecule has 1 saturated carbocycles. The largest absolute Gasteiger partial charge is 0.378 e. The highest BCUT2D eigenvalue weighted by atomic mass is 16.5. The van der Waals surface area contributed by atoms with E-state index >= 15 is 0 Å². The number of hydrogen-bond donors (Lipinski definition) is 1. The molecule has 1 N–H and O–H groups in total. The predicted molar refractivity (Wildman–Crippen MR) is 158 cm³/mol. The van der Waals surface area contributed by atoms with E-state index in [0.717, 1.165) is 41.4 Å². The Morgan fingerprint density at radius 3 is 2.41 bits per heavy atom. The van der Waals surface area contributed by atoms with Crippen LogP contribution in [0.2, 0.25) is 0 Å². The molecule has 1 saturated heterocycles. The lowest BCUT2D eigenvalue weighted by molar-refractivity contribution is -0.0980. The van der Waals surface area contributed by atoms with Crippen LogP contribution in [0.3, 0.4) is 0 Å². The zero-order chi connectivity index (χ0) is 28.6. The second-order valence-electron chi connectivity index (χ2n) is 10.4. The number of fused-ring (bicyclic) bond motifs is 1. The Balaban J connectivity index is 0.00000100. The summed E-state index contributed by atoms with van der Waals surface area (Å²) >= 11 is 0. The van der Waals surface area contributed by atoms with Crippen LogP contribution in [-0.4, -0.2) is 60.0 Å². The first-order valence-corrected chi connectivity index (χ1v) is 14.4. The van der Waals surface area contributed by atoms with Crippen LogP contribution in [0.4, 0.5) is 0 Å². The Kier molecular flexibility index (Phi) is 10.7. The summed E-state index contributed by atoms with van der Waals surface area (Å²) in [6.07, 6.45) is 12.0. The maximum atomic E-state index is 13.2. The van der Waals surface area contributed by atoms with E-state index in [0.29, 0.717) is 43.5 Å². The molecule has 2 fully saturated rings. The summed E-state index contributed by atoms with van der Waals surface area (Å²) in [5, 5.41) is 14.9. The van der Waals surface area contributed by atoms with Crippen molar-refractivity contribution in [2.45, 2.75) is 84.3 Å². The number of aromatic nitrogens is 1. The summed E-state index contributed by atoms with van der Waals surface area (Å²) in [7, 11) is 0. The van der Waals surface area contributed by atoms with E-state index < -0.39 is 0 Å². The van der Waals surface area contributed by atoms with Gasteiger partial charge in [-0.2, -0.15) is 5.26 Å². The molecule has 7 heteroatoms. The zero-order valence-electron chi connectivity index (χ0n) is 24.3. The number of hydrogen-bond acceptors (Lipinski definition) is 5. The van der Waals surface area contributed by atoms with Gasteiger partial charge in [-0.25, -0.2) is 0 Å². The highest BCUT2D eigenvalue weighted by Gasteiger charge is 2.38. The summed E-state index contributed by atoms with van der Waals surface area (Å²) in [6.45, 7) is 15.1. The van der Waals surface area contributed by atoms with E-state index in [1.54, 1.807) is 0 Å². The fourth-order valence-corrected chi connectivity index (χ4v) is 5.50. The van der Waals surface area contributed by atoms with Crippen LogP contribution in [0.15, 0.2) is 36.4 Å². The van der Waals surface area contributed by atoms with Gasteiger partial charge in [-0.05, 0) is 56.7 Å². The lowest BCUT2D eigenvalue weighted by Gasteiger charge is -2.27. The number of ether oxygens (including phenoxy) is 1. The lowest BCUT2D eigenvalue weighted by atomic mass is 9.97. The Labute approximate surface area is 233 Å². The molecule has 1 atom stereocenters. The van der Waals surface area contributed by atoms with Gasteiger partial charge in [0.2, 0.25) is 0 Å². The van der Waals surface area contributed by atoms with Gasteiger partial charge in [0.25, 0.3) is 5.91 Å². The van der Waals surface area contributed by atoms with Crippen molar-refractivity contribution < 1.29 is 14.3 Å². The molecular formula is C32H44N4O3. The van der Waals surface area contributed by atoms with Gasteiger partial charge in [-0.1, -0.05) is 52.0 Å². The highest BCUT2D eigenvalue weighted by molar-refractivity contribution is 6.01. The molecule has 1 unspecified atom stereocenters. The number of carbonyl (C=O) groups excluding carboxylic acids is 2. The number of morpholine rings is 1. The molecule has 0 spiro atoms. The zero-order valence-corrected chi connectivity index (χ0v) is 24.3. The number of allylic oxidation sites excluding steroid dienone is 2. The predicted octanol–water partition coefficient (Wildman–Crippen LogP) is 6.04. The molecule has 1 aromatic heterocycles. The molecule has 5 rings (SSSR count). The van der Waals surface area contributed by atoms with Crippen molar-refractivity contribution in [1.82, 2.24) is 14.8 Å². The fourth-order valence-electron chi connectivity index (χ4n) is 5.50. The van der Waals surface area contributed by atoms with Gasteiger partial charge in [-0.15, -0.1) is 0 Å². The first-order chi connectivity index (χ1) is 19.0. The van der Waals surface area contributed by atoms with Gasteiger partial charge in [0.05, 0.1) is 30.0 Å². The van der Waals surface area contributed by atoms with Crippen molar-refractivity contribution in [2.24, 2.45) is 0 Å². The van der Waals surface area contributed by atoms with E-state index in [2.05, 4.69) is 55.0 Å². The van der Waals surface area contributed by atoms with Gasteiger partial charge >= 0.3 is 0 Å². The topological polar surface area (TPSA) is 87.4 Å². The Bertz CT molecular complexity index is 1240.